The number of hydrogen-bond acceptors (Lipinski definition) is 6. The molecule has 2 heterocycles. The molecule has 1 aliphatic heterocycles. The maximum Gasteiger partial charge on any atom is 0.261 e. The fraction of sp³-hybridized carbons (Fsp3) is 0.314. The van der Waals surface area contributed by atoms with Gasteiger partial charge in [0.2, 0.25) is 0 Å². The molecule has 2 saturated carbocycles. The quantitative estimate of drug-likeness (QED) is 0.220. The first-order valence-electron chi connectivity index (χ1n) is 14.6. The van der Waals surface area contributed by atoms with Crippen LogP contribution in [0.25, 0.3) is 11.1 Å². The van der Waals surface area contributed by atoms with E-state index in [1.165, 1.54) is 4.90 Å². The van der Waals surface area contributed by atoms with E-state index in [9.17, 15) is 14.9 Å². The molecule has 0 spiro atoms. The Morgan fingerprint density at radius 1 is 0.976 bits per heavy atom. The summed E-state index contributed by atoms with van der Waals surface area (Å²) in [6, 6.07) is 24.4. The normalized spacial score (nSPS) is 19.9. The molecule has 0 bridgehead atoms. The van der Waals surface area contributed by atoms with Crippen molar-refractivity contribution in [1.82, 2.24) is 10.1 Å². The van der Waals surface area contributed by atoms with E-state index in [-0.39, 0.29) is 23.1 Å². The minimum absolute atomic E-state index is 0.191. The molecule has 7 heteroatoms. The van der Waals surface area contributed by atoms with Crippen molar-refractivity contribution in [2.75, 3.05) is 18.0 Å². The Morgan fingerprint density at radius 2 is 1.67 bits per heavy atom. The molecule has 7 nitrogen and oxygen atoms in total. The van der Waals surface area contributed by atoms with Crippen molar-refractivity contribution in [3.63, 3.8) is 0 Å². The highest BCUT2D eigenvalue weighted by Crippen LogP contribution is 2.49. The van der Waals surface area contributed by atoms with Crippen LogP contribution in [0.15, 0.2) is 71.3 Å². The minimum atomic E-state index is -0.337. The largest absolute Gasteiger partial charge is 0.361 e. The molecule has 2 atom stereocenters. The van der Waals surface area contributed by atoms with Gasteiger partial charge in [-0.3, -0.25) is 14.5 Å². The zero-order valence-electron chi connectivity index (χ0n) is 24.1. The van der Waals surface area contributed by atoms with Gasteiger partial charge in [0.15, 0.2) is 0 Å². The fourth-order valence-electron chi connectivity index (χ4n) is 6.48. The summed E-state index contributed by atoms with van der Waals surface area (Å²) in [6.45, 7) is 7.20. The summed E-state index contributed by atoms with van der Waals surface area (Å²) in [6.07, 6.45) is 2.77. The van der Waals surface area contributed by atoms with Gasteiger partial charge in [0.05, 0.1) is 28.3 Å². The molecule has 2 fully saturated rings. The average Bonchev–Trinajstić information content (AvgIpc) is 3.91. The third-order valence-electron chi connectivity index (χ3n) is 9.30. The molecular weight excluding hydrogens is 524 g/mol. The maximum absolute atomic E-state index is 13.0. The van der Waals surface area contributed by atoms with E-state index in [0.29, 0.717) is 23.6 Å². The second-order valence-corrected chi connectivity index (χ2v) is 12.1. The number of amides is 2. The van der Waals surface area contributed by atoms with Gasteiger partial charge in [-0.2, -0.15) is 5.26 Å². The number of carbonyl (C=O) groups is 2. The summed E-state index contributed by atoms with van der Waals surface area (Å²) in [5.41, 5.74) is 7.93. The summed E-state index contributed by atoms with van der Waals surface area (Å²) in [5, 5.41) is 13.9. The first kappa shape index (κ1) is 26.2. The summed E-state index contributed by atoms with van der Waals surface area (Å²) in [7, 11) is 0. The molecule has 0 radical (unpaired) electrons. The molecule has 0 unspecified atom stereocenters. The van der Waals surface area contributed by atoms with Gasteiger partial charge < -0.3 is 9.42 Å². The predicted octanol–water partition coefficient (Wildman–Crippen LogP) is 6.89. The Morgan fingerprint density at radius 3 is 2.26 bits per heavy atom. The SMILES string of the molecule is Cc1ccc(-c2c(C)noc2C)cc1N(C[C@H]1C[C@@H]1CN1C(=O)c2ccccc2C1=O)c1ccc(C2(C#N)CC2)cc1. The van der Waals surface area contributed by atoms with Crippen LogP contribution in [-0.4, -0.2) is 35.0 Å². The van der Waals surface area contributed by atoms with Crippen LogP contribution in [0.5, 0.6) is 0 Å². The van der Waals surface area contributed by atoms with Crippen molar-refractivity contribution in [3.05, 3.63) is 100 Å². The molecule has 42 heavy (non-hydrogen) atoms. The average molecular weight is 557 g/mol. The van der Waals surface area contributed by atoms with Gasteiger partial charge in [-0.05, 0) is 98.9 Å². The highest BCUT2D eigenvalue weighted by atomic mass is 16.5. The maximum atomic E-state index is 13.0. The van der Waals surface area contributed by atoms with Gasteiger partial charge in [0.25, 0.3) is 11.8 Å². The molecule has 210 valence electrons. The van der Waals surface area contributed by atoms with Gasteiger partial charge in [-0.15, -0.1) is 0 Å². The highest BCUT2D eigenvalue weighted by Gasteiger charge is 2.46. The monoisotopic (exact) mass is 556 g/mol. The van der Waals surface area contributed by atoms with Crippen molar-refractivity contribution < 1.29 is 14.1 Å². The lowest BCUT2D eigenvalue weighted by molar-refractivity contribution is 0.0645. The van der Waals surface area contributed by atoms with Crippen molar-refractivity contribution in [2.24, 2.45) is 11.8 Å². The van der Waals surface area contributed by atoms with Crippen LogP contribution in [0.3, 0.4) is 0 Å². The number of benzene rings is 3. The van der Waals surface area contributed by atoms with E-state index < -0.39 is 0 Å². The number of imide groups is 1. The summed E-state index contributed by atoms with van der Waals surface area (Å²) in [4.78, 5) is 29.8. The van der Waals surface area contributed by atoms with Crippen LogP contribution >= 0.6 is 0 Å². The van der Waals surface area contributed by atoms with Crippen LogP contribution in [-0.2, 0) is 5.41 Å². The molecular formula is C35H32N4O3. The van der Waals surface area contributed by atoms with Crippen molar-refractivity contribution in [1.29, 1.82) is 5.26 Å². The van der Waals surface area contributed by atoms with Gasteiger partial charge in [0.1, 0.15) is 5.76 Å². The lowest BCUT2D eigenvalue weighted by Gasteiger charge is -2.28. The number of aromatic nitrogens is 1. The third-order valence-corrected chi connectivity index (χ3v) is 9.30. The van der Waals surface area contributed by atoms with Gasteiger partial charge in [-0.1, -0.05) is 41.6 Å². The highest BCUT2D eigenvalue weighted by molar-refractivity contribution is 6.21. The molecule has 1 aromatic heterocycles. The first-order valence-corrected chi connectivity index (χ1v) is 14.6. The van der Waals surface area contributed by atoms with Gasteiger partial charge >= 0.3 is 0 Å². The van der Waals surface area contributed by atoms with Gasteiger partial charge in [0, 0.05) is 30.0 Å². The standard InChI is InChI=1S/C35H32N4O3/c1-21-8-9-24(32-22(2)37-42-23(32)3)17-31(21)38(28-12-10-27(11-13-28)35(20-36)14-15-35)18-25-16-26(25)19-39-33(40)29-6-4-5-7-30(29)34(39)41/h4-13,17,25-26H,14-16,18-19H2,1-3H3/t25-,26-/m1/s1. The fourth-order valence-corrected chi connectivity index (χ4v) is 6.48. The number of carbonyl (C=O) groups excluding carboxylic acids is 2. The van der Waals surface area contributed by atoms with E-state index in [0.717, 1.165) is 70.9 Å². The number of aryl methyl sites for hydroxylation is 3. The Kier molecular flexibility index (Phi) is 6.05. The lowest BCUT2D eigenvalue weighted by atomic mass is 9.97. The summed E-state index contributed by atoms with van der Waals surface area (Å²) >= 11 is 0. The van der Waals surface area contributed by atoms with Crippen molar-refractivity contribution >= 4 is 23.2 Å². The van der Waals surface area contributed by atoms with E-state index in [4.69, 9.17) is 4.52 Å². The second-order valence-electron chi connectivity index (χ2n) is 12.1. The number of hydrogen-bond donors (Lipinski definition) is 0. The topological polar surface area (TPSA) is 90.4 Å². The van der Waals surface area contributed by atoms with Crippen LogP contribution in [0.2, 0.25) is 0 Å². The van der Waals surface area contributed by atoms with Crippen LogP contribution in [0, 0.1) is 43.9 Å². The number of fused-ring (bicyclic) bond motifs is 1. The van der Waals surface area contributed by atoms with Gasteiger partial charge in [-0.25, -0.2) is 0 Å². The van der Waals surface area contributed by atoms with E-state index in [1.807, 2.05) is 13.8 Å². The molecule has 0 N–H and O–H groups in total. The number of rotatable bonds is 8. The molecule has 3 aliphatic rings. The number of anilines is 2. The summed E-state index contributed by atoms with van der Waals surface area (Å²) < 4.78 is 5.47. The Bertz CT molecular complexity index is 1720. The first-order chi connectivity index (χ1) is 20.3. The smallest absolute Gasteiger partial charge is 0.261 e. The number of nitrogens with zero attached hydrogens (tertiary/aromatic N) is 4. The molecule has 4 aromatic rings. The predicted molar refractivity (Wildman–Crippen MR) is 160 cm³/mol. The zero-order valence-corrected chi connectivity index (χ0v) is 24.1. The molecule has 7 rings (SSSR count). The third kappa shape index (κ3) is 4.30. The Hall–Kier alpha value is -4.70. The Balaban J connectivity index is 1.18. The minimum Gasteiger partial charge on any atom is -0.361 e. The molecule has 0 saturated heterocycles. The molecule has 2 aliphatic carbocycles. The van der Waals surface area contributed by atoms with E-state index in [1.54, 1.807) is 24.3 Å². The van der Waals surface area contributed by atoms with E-state index >= 15 is 0 Å². The van der Waals surface area contributed by atoms with Crippen molar-refractivity contribution in [3.8, 4) is 17.2 Å². The second kappa shape index (κ2) is 9.70. The van der Waals surface area contributed by atoms with Crippen LogP contribution in [0.1, 0.15) is 62.6 Å². The molecule has 3 aromatic carbocycles. The molecule has 2 amide bonds. The number of nitriles is 1. The van der Waals surface area contributed by atoms with Crippen LogP contribution < -0.4 is 4.90 Å². The lowest BCUT2D eigenvalue weighted by Crippen LogP contribution is -2.32. The van der Waals surface area contributed by atoms with Crippen LogP contribution in [0.4, 0.5) is 11.4 Å². The summed E-state index contributed by atoms with van der Waals surface area (Å²) in [5.74, 6) is 0.970. The zero-order chi connectivity index (χ0) is 29.2. The van der Waals surface area contributed by atoms with Crippen molar-refractivity contribution in [2.45, 2.75) is 45.4 Å². The Labute approximate surface area is 245 Å². The van der Waals surface area contributed by atoms with E-state index in [2.05, 4.69) is 65.5 Å².